The first-order valence-electron chi connectivity index (χ1n) is 5.68. The molecule has 18 heavy (non-hydrogen) atoms. The lowest BCUT2D eigenvalue weighted by Crippen LogP contribution is -1.97. The Bertz CT molecular complexity index is 568. The summed E-state index contributed by atoms with van der Waals surface area (Å²) in [6.07, 6.45) is 0. The first-order chi connectivity index (χ1) is 8.63. The molecule has 4 nitrogen and oxygen atoms in total. The fourth-order valence-corrected chi connectivity index (χ4v) is 1.79. The van der Waals surface area contributed by atoms with Gasteiger partial charge in [0.05, 0.1) is 19.9 Å². The smallest absolute Gasteiger partial charge is 0.316 e. The summed E-state index contributed by atoms with van der Waals surface area (Å²) in [5.74, 6) is 0.792. The second kappa shape index (κ2) is 5.04. The molecule has 0 amide bonds. The van der Waals surface area contributed by atoms with Crippen molar-refractivity contribution in [2.45, 2.75) is 13.8 Å². The maximum atomic E-state index is 5.37. The summed E-state index contributed by atoms with van der Waals surface area (Å²) in [4.78, 5) is 8.54. The van der Waals surface area contributed by atoms with E-state index in [1.165, 1.54) is 0 Å². The highest BCUT2D eigenvalue weighted by atomic mass is 16.5. The van der Waals surface area contributed by atoms with Gasteiger partial charge in [-0.25, -0.2) is 4.98 Å². The van der Waals surface area contributed by atoms with Gasteiger partial charge in [0.25, 0.3) is 0 Å². The van der Waals surface area contributed by atoms with Crippen molar-refractivity contribution in [3.63, 3.8) is 0 Å². The SMILES string of the molecule is COc1nc(C)cc(-c2cc(C)ccc2OC)n1. The van der Waals surface area contributed by atoms with E-state index >= 15 is 0 Å². The molecule has 0 spiro atoms. The van der Waals surface area contributed by atoms with Crippen LogP contribution in [0.4, 0.5) is 0 Å². The van der Waals surface area contributed by atoms with Crippen molar-refractivity contribution in [3.05, 3.63) is 35.5 Å². The molecule has 2 aromatic rings. The van der Waals surface area contributed by atoms with Crippen LogP contribution in [0.1, 0.15) is 11.3 Å². The fourth-order valence-electron chi connectivity index (χ4n) is 1.79. The molecule has 0 atom stereocenters. The van der Waals surface area contributed by atoms with Gasteiger partial charge in [-0.2, -0.15) is 4.98 Å². The second-order valence-corrected chi connectivity index (χ2v) is 4.09. The minimum Gasteiger partial charge on any atom is -0.496 e. The number of methoxy groups -OCH3 is 2. The summed E-state index contributed by atoms with van der Waals surface area (Å²) in [5, 5.41) is 0. The third kappa shape index (κ3) is 2.42. The normalized spacial score (nSPS) is 10.2. The number of rotatable bonds is 3. The van der Waals surface area contributed by atoms with Crippen molar-refractivity contribution in [2.75, 3.05) is 14.2 Å². The molecular formula is C14H16N2O2. The number of aromatic nitrogens is 2. The first-order valence-corrected chi connectivity index (χ1v) is 5.68. The van der Waals surface area contributed by atoms with Crippen LogP contribution >= 0.6 is 0 Å². The van der Waals surface area contributed by atoms with Crippen LogP contribution < -0.4 is 9.47 Å². The number of aryl methyl sites for hydroxylation is 2. The van der Waals surface area contributed by atoms with Crippen molar-refractivity contribution >= 4 is 0 Å². The molecule has 94 valence electrons. The number of benzene rings is 1. The molecule has 0 aliphatic carbocycles. The molecule has 1 heterocycles. The van der Waals surface area contributed by atoms with Crippen molar-refractivity contribution in [3.8, 4) is 23.0 Å². The van der Waals surface area contributed by atoms with Gasteiger partial charge in [-0.1, -0.05) is 11.6 Å². The first kappa shape index (κ1) is 12.4. The molecule has 0 bridgehead atoms. The highest BCUT2D eigenvalue weighted by molar-refractivity contribution is 5.68. The monoisotopic (exact) mass is 244 g/mol. The van der Waals surface area contributed by atoms with Gasteiger partial charge in [-0.05, 0) is 32.0 Å². The third-order valence-electron chi connectivity index (χ3n) is 2.65. The number of nitrogens with zero attached hydrogens (tertiary/aromatic N) is 2. The van der Waals surface area contributed by atoms with E-state index in [2.05, 4.69) is 9.97 Å². The predicted octanol–water partition coefficient (Wildman–Crippen LogP) is 2.78. The Morgan fingerprint density at radius 3 is 2.39 bits per heavy atom. The summed E-state index contributed by atoms with van der Waals surface area (Å²) in [7, 11) is 3.21. The molecule has 0 fully saturated rings. The Labute approximate surface area is 107 Å². The van der Waals surface area contributed by atoms with Crippen LogP contribution in [0, 0.1) is 13.8 Å². The average molecular weight is 244 g/mol. The number of hydrogen-bond acceptors (Lipinski definition) is 4. The molecule has 0 saturated carbocycles. The van der Waals surface area contributed by atoms with Gasteiger partial charge in [0, 0.05) is 11.3 Å². The van der Waals surface area contributed by atoms with Crippen LogP contribution in [-0.2, 0) is 0 Å². The van der Waals surface area contributed by atoms with E-state index in [-0.39, 0.29) is 0 Å². The summed E-state index contributed by atoms with van der Waals surface area (Å²) < 4.78 is 10.5. The van der Waals surface area contributed by atoms with Gasteiger partial charge in [0.15, 0.2) is 0 Å². The Morgan fingerprint density at radius 1 is 0.944 bits per heavy atom. The summed E-state index contributed by atoms with van der Waals surface area (Å²) >= 11 is 0. The minimum absolute atomic E-state index is 0.369. The van der Waals surface area contributed by atoms with Crippen LogP contribution in [0.2, 0.25) is 0 Å². The quantitative estimate of drug-likeness (QED) is 0.832. The molecule has 0 radical (unpaired) electrons. The Kier molecular flexibility index (Phi) is 3.46. The number of hydrogen-bond donors (Lipinski definition) is 0. The van der Waals surface area contributed by atoms with Gasteiger partial charge in [0.1, 0.15) is 5.75 Å². The summed E-state index contributed by atoms with van der Waals surface area (Å²) in [6, 6.07) is 8.27. The van der Waals surface area contributed by atoms with Crippen LogP contribution in [0.3, 0.4) is 0 Å². The van der Waals surface area contributed by atoms with E-state index in [4.69, 9.17) is 9.47 Å². The third-order valence-corrected chi connectivity index (χ3v) is 2.65. The van der Waals surface area contributed by atoms with Crippen molar-refractivity contribution in [1.82, 2.24) is 9.97 Å². The van der Waals surface area contributed by atoms with Crippen molar-refractivity contribution < 1.29 is 9.47 Å². The Hall–Kier alpha value is -2.10. The van der Waals surface area contributed by atoms with E-state index in [1.54, 1.807) is 14.2 Å². The number of ether oxygens (including phenoxy) is 2. The molecular weight excluding hydrogens is 228 g/mol. The van der Waals surface area contributed by atoms with Crippen molar-refractivity contribution in [1.29, 1.82) is 0 Å². The van der Waals surface area contributed by atoms with Crippen LogP contribution in [0.5, 0.6) is 11.8 Å². The zero-order chi connectivity index (χ0) is 13.1. The molecule has 0 N–H and O–H groups in total. The fraction of sp³-hybridized carbons (Fsp3) is 0.286. The van der Waals surface area contributed by atoms with Gasteiger partial charge in [-0.15, -0.1) is 0 Å². The van der Waals surface area contributed by atoms with Gasteiger partial charge in [-0.3, -0.25) is 0 Å². The van der Waals surface area contributed by atoms with E-state index < -0.39 is 0 Å². The standard InChI is InChI=1S/C14H16N2O2/c1-9-5-6-13(17-3)11(7-9)12-8-10(2)15-14(16-12)18-4/h5-8H,1-4H3. The lowest BCUT2D eigenvalue weighted by molar-refractivity contribution is 0.379. The average Bonchev–Trinajstić information content (AvgIpc) is 2.38. The highest BCUT2D eigenvalue weighted by Gasteiger charge is 2.10. The summed E-state index contributed by atoms with van der Waals surface area (Å²) in [5.41, 5.74) is 3.77. The van der Waals surface area contributed by atoms with Crippen LogP contribution in [-0.4, -0.2) is 24.2 Å². The highest BCUT2D eigenvalue weighted by Crippen LogP contribution is 2.30. The summed E-state index contributed by atoms with van der Waals surface area (Å²) in [6.45, 7) is 3.95. The van der Waals surface area contributed by atoms with Gasteiger partial charge < -0.3 is 9.47 Å². The second-order valence-electron chi connectivity index (χ2n) is 4.09. The Morgan fingerprint density at radius 2 is 1.72 bits per heavy atom. The van der Waals surface area contributed by atoms with Crippen molar-refractivity contribution in [2.24, 2.45) is 0 Å². The zero-order valence-corrected chi connectivity index (χ0v) is 11.0. The molecule has 0 aliphatic heterocycles. The van der Waals surface area contributed by atoms with Crippen LogP contribution in [0.15, 0.2) is 24.3 Å². The molecule has 1 aromatic carbocycles. The molecule has 2 rings (SSSR count). The van der Waals surface area contributed by atoms with Gasteiger partial charge >= 0.3 is 6.01 Å². The lowest BCUT2D eigenvalue weighted by atomic mass is 10.1. The lowest BCUT2D eigenvalue weighted by Gasteiger charge is -2.10. The topological polar surface area (TPSA) is 44.2 Å². The molecule has 0 saturated heterocycles. The van der Waals surface area contributed by atoms with E-state index in [9.17, 15) is 0 Å². The van der Waals surface area contributed by atoms with Crippen LogP contribution in [0.25, 0.3) is 11.3 Å². The molecule has 1 aromatic heterocycles. The molecule has 0 unspecified atom stereocenters. The molecule has 0 aliphatic rings. The minimum atomic E-state index is 0.369. The largest absolute Gasteiger partial charge is 0.496 e. The Balaban J connectivity index is 2.60. The maximum absolute atomic E-state index is 5.37. The molecule has 4 heteroatoms. The van der Waals surface area contributed by atoms with Gasteiger partial charge in [0.2, 0.25) is 0 Å². The van der Waals surface area contributed by atoms with E-state index in [0.717, 1.165) is 28.3 Å². The predicted molar refractivity (Wildman–Crippen MR) is 70.0 cm³/mol. The van der Waals surface area contributed by atoms with E-state index in [0.29, 0.717) is 6.01 Å². The van der Waals surface area contributed by atoms with E-state index in [1.807, 2.05) is 38.1 Å². The zero-order valence-electron chi connectivity index (χ0n) is 11.0. The maximum Gasteiger partial charge on any atom is 0.316 e.